The van der Waals surface area contributed by atoms with Gasteiger partial charge in [-0.3, -0.25) is 4.79 Å². The van der Waals surface area contributed by atoms with Crippen LogP contribution in [0.15, 0.2) is 36.5 Å². The van der Waals surface area contributed by atoms with Crippen LogP contribution < -0.4 is 0 Å². The first kappa shape index (κ1) is 21.1. The van der Waals surface area contributed by atoms with Gasteiger partial charge in [0.1, 0.15) is 17.6 Å². The number of hydrogen-bond donors (Lipinski definition) is 0. The molecule has 1 amide bonds. The summed E-state index contributed by atoms with van der Waals surface area (Å²) >= 11 is 0. The molecule has 1 atom stereocenters. The van der Waals surface area contributed by atoms with E-state index in [2.05, 4.69) is 11.0 Å². The largest absolute Gasteiger partial charge is 0.345 e. The maximum absolute atomic E-state index is 13.4. The van der Waals surface area contributed by atoms with Crippen molar-refractivity contribution in [2.24, 2.45) is 13.0 Å². The predicted molar refractivity (Wildman–Crippen MR) is 111 cm³/mol. The number of rotatable bonds is 7. The number of aryl methyl sites for hydroxylation is 1. The van der Waals surface area contributed by atoms with Crippen LogP contribution in [-0.2, 0) is 13.5 Å². The van der Waals surface area contributed by atoms with Gasteiger partial charge in [-0.05, 0) is 62.4 Å². The summed E-state index contributed by atoms with van der Waals surface area (Å²) in [5.41, 5.74) is 2.09. The summed E-state index contributed by atoms with van der Waals surface area (Å²) in [6.07, 6.45) is 4.75. The first-order valence-electron chi connectivity index (χ1n) is 10.3. The Balaban J connectivity index is 1.57. The first-order chi connectivity index (χ1) is 14.0. The van der Waals surface area contributed by atoms with E-state index in [0.717, 1.165) is 51.0 Å². The fraction of sp³-hybridized carbons (Fsp3) is 0.478. The average molecular weight is 397 g/mol. The van der Waals surface area contributed by atoms with E-state index in [1.165, 1.54) is 6.07 Å². The molecular weight excluding hydrogens is 367 g/mol. The van der Waals surface area contributed by atoms with E-state index in [1.807, 2.05) is 17.9 Å². The summed E-state index contributed by atoms with van der Waals surface area (Å²) in [7, 11) is 1.80. The summed E-state index contributed by atoms with van der Waals surface area (Å²) in [5, 5.41) is 9.08. The smallest absolute Gasteiger partial charge is 0.270 e. The molecule has 1 saturated heterocycles. The minimum atomic E-state index is -0.184. The lowest BCUT2D eigenvalue weighted by molar-refractivity contribution is 0.0681. The number of hydrogen-bond acceptors (Lipinski definition) is 3. The number of carbonyl (C=O) groups is 1. The van der Waals surface area contributed by atoms with Gasteiger partial charge in [-0.25, -0.2) is 4.39 Å². The number of carbonyl (C=O) groups excluding carboxylic acids is 1. The second-order valence-corrected chi connectivity index (χ2v) is 7.87. The number of aromatic nitrogens is 1. The van der Waals surface area contributed by atoms with Crippen LogP contribution in [0.1, 0.15) is 41.4 Å². The molecule has 1 unspecified atom stereocenters. The lowest BCUT2D eigenvalue weighted by Gasteiger charge is -2.35. The zero-order valence-corrected chi connectivity index (χ0v) is 17.3. The van der Waals surface area contributed by atoms with Crippen LogP contribution in [0.4, 0.5) is 4.39 Å². The molecular formula is C23H29FN4O. The topological polar surface area (TPSA) is 52.3 Å². The second-order valence-electron chi connectivity index (χ2n) is 7.87. The Kier molecular flexibility index (Phi) is 7.05. The third kappa shape index (κ3) is 5.45. The van der Waals surface area contributed by atoms with Gasteiger partial charge in [0.25, 0.3) is 5.91 Å². The fourth-order valence-electron chi connectivity index (χ4n) is 4.15. The molecule has 0 spiro atoms. The van der Waals surface area contributed by atoms with Crippen molar-refractivity contribution in [2.45, 2.75) is 26.2 Å². The van der Waals surface area contributed by atoms with Crippen molar-refractivity contribution in [3.8, 4) is 6.07 Å². The lowest BCUT2D eigenvalue weighted by atomic mass is 9.96. The Morgan fingerprint density at radius 3 is 2.90 bits per heavy atom. The van der Waals surface area contributed by atoms with Crippen molar-refractivity contribution in [1.82, 2.24) is 14.4 Å². The maximum Gasteiger partial charge on any atom is 0.270 e. The molecule has 2 heterocycles. The normalized spacial score (nSPS) is 17.1. The summed E-state index contributed by atoms with van der Waals surface area (Å²) in [5.74, 6) is 0.223. The van der Waals surface area contributed by atoms with Crippen LogP contribution in [0, 0.1) is 23.1 Å². The molecule has 1 aliphatic rings. The Labute approximate surface area is 172 Å². The molecule has 1 aliphatic heterocycles. The van der Waals surface area contributed by atoms with E-state index in [0.29, 0.717) is 23.7 Å². The monoisotopic (exact) mass is 396 g/mol. The first-order valence-corrected chi connectivity index (χ1v) is 10.3. The molecule has 0 aliphatic carbocycles. The molecule has 5 nitrogen and oxygen atoms in total. The number of piperidine rings is 1. The highest BCUT2D eigenvalue weighted by Crippen LogP contribution is 2.20. The van der Waals surface area contributed by atoms with Crippen LogP contribution in [-0.4, -0.2) is 53.0 Å². The van der Waals surface area contributed by atoms with E-state index in [-0.39, 0.29) is 11.7 Å². The van der Waals surface area contributed by atoms with Crippen molar-refractivity contribution >= 4 is 5.91 Å². The van der Waals surface area contributed by atoms with Crippen molar-refractivity contribution in [3.05, 3.63) is 59.2 Å². The van der Waals surface area contributed by atoms with Gasteiger partial charge in [-0.2, -0.15) is 5.26 Å². The van der Waals surface area contributed by atoms with Gasteiger partial charge < -0.3 is 14.4 Å². The van der Waals surface area contributed by atoms with Crippen LogP contribution in [0.3, 0.4) is 0 Å². The van der Waals surface area contributed by atoms with Crippen LogP contribution in [0.5, 0.6) is 0 Å². The molecule has 1 aromatic heterocycles. The highest BCUT2D eigenvalue weighted by atomic mass is 19.1. The summed E-state index contributed by atoms with van der Waals surface area (Å²) in [6, 6.07) is 10.6. The third-order valence-corrected chi connectivity index (χ3v) is 5.71. The zero-order chi connectivity index (χ0) is 20.8. The molecule has 154 valence electrons. The van der Waals surface area contributed by atoms with E-state index in [4.69, 9.17) is 5.26 Å². The molecule has 3 rings (SSSR count). The Hall–Kier alpha value is -2.65. The van der Waals surface area contributed by atoms with Gasteiger partial charge in [0, 0.05) is 39.4 Å². The molecule has 1 aromatic carbocycles. The number of nitrogens with zero attached hydrogens (tertiary/aromatic N) is 4. The summed E-state index contributed by atoms with van der Waals surface area (Å²) in [6.45, 7) is 6.27. The van der Waals surface area contributed by atoms with Gasteiger partial charge >= 0.3 is 0 Å². The van der Waals surface area contributed by atoms with Crippen LogP contribution in [0.2, 0.25) is 0 Å². The van der Waals surface area contributed by atoms with E-state index >= 15 is 0 Å². The molecule has 0 bridgehead atoms. The number of nitriles is 1. The predicted octanol–water partition coefficient (Wildman–Crippen LogP) is 3.45. The molecule has 6 heteroatoms. The Morgan fingerprint density at radius 1 is 1.38 bits per heavy atom. The van der Waals surface area contributed by atoms with Gasteiger partial charge in [-0.15, -0.1) is 0 Å². The number of benzene rings is 1. The van der Waals surface area contributed by atoms with E-state index < -0.39 is 0 Å². The van der Waals surface area contributed by atoms with Gasteiger partial charge in [0.05, 0.1) is 5.56 Å². The minimum absolute atomic E-state index is 0.0200. The van der Waals surface area contributed by atoms with E-state index in [1.54, 1.807) is 36.0 Å². The number of likely N-dealkylation sites (tertiary alicyclic amines) is 1. The van der Waals surface area contributed by atoms with Gasteiger partial charge in [0.2, 0.25) is 0 Å². The summed E-state index contributed by atoms with van der Waals surface area (Å²) in [4.78, 5) is 17.3. The Morgan fingerprint density at radius 2 is 2.21 bits per heavy atom. The standard InChI is InChI=1S/C23H29FN4O/c1-3-28(23(29)22-13-20(14-25)15-26(22)2)17-19-7-5-10-27(16-19)11-9-18-6-4-8-21(24)12-18/h4,6,8,12-13,15,19H,3,5,7,9-11,16-17H2,1-2H3. The fourth-order valence-corrected chi connectivity index (χ4v) is 4.15. The third-order valence-electron chi connectivity index (χ3n) is 5.71. The van der Waals surface area contributed by atoms with Crippen LogP contribution >= 0.6 is 0 Å². The van der Waals surface area contributed by atoms with Crippen molar-refractivity contribution in [3.63, 3.8) is 0 Å². The van der Waals surface area contributed by atoms with Crippen LogP contribution in [0.25, 0.3) is 0 Å². The highest BCUT2D eigenvalue weighted by Gasteiger charge is 2.25. The molecule has 0 N–H and O–H groups in total. The minimum Gasteiger partial charge on any atom is -0.345 e. The average Bonchev–Trinajstić information content (AvgIpc) is 3.11. The zero-order valence-electron chi connectivity index (χ0n) is 17.3. The van der Waals surface area contributed by atoms with Gasteiger partial charge in [-0.1, -0.05) is 12.1 Å². The molecule has 29 heavy (non-hydrogen) atoms. The SMILES string of the molecule is CCN(CC1CCCN(CCc2cccc(F)c2)C1)C(=O)c1cc(C#N)cn1C. The second kappa shape index (κ2) is 9.71. The van der Waals surface area contributed by atoms with Crippen molar-refractivity contribution in [2.75, 3.05) is 32.7 Å². The van der Waals surface area contributed by atoms with E-state index in [9.17, 15) is 9.18 Å². The highest BCUT2D eigenvalue weighted by molar-refractivity contribution is 5.93. The molecule has 2 aromatic rings. The number of amides is 1. The number of halogens is 1. The Bertz CT molecular complexity index is 885. The molecule has 0 saturated carbocycles. The molecule has 1 fully saturated rings. The lowest BCUT2D eigenvalue weighted by Crippen LogP contribution is -2.43. The van der Waals surface area contributed by atoms with Gasteiger partial charge in [0.15, 0.2) is 0 Å². The summed E-state index contributed by atoms with van der Waals surface area (Å²) < 4.78 is 15.1. The quantitative estimate of drug-likeness (QED) is 0.720. The molecule has 0 radical (unpaired) electrons. The maximum atomic E-state index is 13.4. The van der Waals surface area contributed by atoms with Crippen molar-refractivity contribution in [1.29, 1.82) is 5.26 Å². The van der Waals surface area contributed by atoms with Crippen molar-refractivity contribution < 1.29 is 9.18 Å².